The molecule has 60 valence electrons. The quantitative estimate of drug-likeness (QED) is 0.687. The van der Waals surface area contributed by atoms with Crippen LogP contribution in [0, 0.1) is 6.92 Å². The van der Waals surface area contributed by atoms with Gasteiger partial charge in [-0.15, -0.1) is 0 Å². The minimum atomic E-state index is -0.740. The van der Waals surface area contributed by atoms with Gasteiger partial charge in [0.05, 0.1) is 5.69 Å². The fourth-order valence-electron chi connectivity index (χ4n) is 0.714. The zero-order valence-corrected chi connectivity index (χ0v) is 7.28. The predicted molar refractivity (Wildman–Crippen MR) is 44.0 cm³/mol. The largest absolute Gasteiger partial charge is 0.311 e. The molecule has 0 bridgehead atoms. The van der Waals surface area contributed by atoms with Crippen LogP contribution in [-0.4, -0.2) is 9.97 Å². The summed E-state index contributed by atoms with van der Waals surface area (Å²) >= 11 is 11.0. The molecule has 0 aliphatic carbocycles. The molecular weight excluding hydrogens is 187 g/mol. The van der Waals surface area contributed by atoms with Gasteiger partial charge in [0.1, 0.15) is 10.7 Å². The highest BCUT2D eigenvalue weighted by Crippen LogP contribution is 2.20. The van der Waals surface area contributed by atoms with Gasteiger partial charge in [0.15, 0.2) is 0 Å². The van der Waals surface area contributed by atoms with Crippen molar-refractivity contribution in [1.29, 1.82) is 0 Å². The van der Waals surface area contributed by atoms with Crippen molar-refractivity contribution < 1.29 is 0 Å². The van der Waals surface area contributed by atoms with Crippen LogP contribution in [0.2, 0.25) is 0 Å². The number of aryl methyl sites for hydroxylation is 1. The van der Waals surface area contributed by atoms with Gasteiger partial charge in [-0.25, -0.2) is 4.98 Å². The Kier molecular flexibility index (Phi) is 2.52. The van der Waals surface area contributed by atoms with Gasteiger partial charge in [0.2, 0.25) is 0 Å². The van der Waals surface area contributed by atoms with Gasteiger partial charge in [0.25, 0.3) is 5.56 Å². The Morgan fingerprint density at radius 1 is 1.64 bits per heavy atom. The Morgan fingerprint density at radius 3 is 2.73 bits per heavy atom. The maximum atomic E-state index is 10.8. The van der Waals surface area contributed by atoms with Gasteiger partial charge in [-0.3, -0.25) is 4.79 Å². The molecule has 11 heavy (non-hydrogen) atoms. The maximum Gasteiger partial charge on any atom is 0.251 e. The molecule has 0 aliphatic rings. The van der Waals surface area contributed by atoms with Crippen molar-refractivity contribution >= 4 is 23.2 Å². The average Bonchev–Trinajstić information content (AvgIpc) is 1.85. The molecule has 1 aromatic rings. The second kappa shape index (κ2) is 3.24. The van der Waals surface area contributed by atoms with Crippen LogP contribution in [0.1, 0.15) is 16.4 Å². The summed E-state index contributed by atoms with van der Waals surface area (Å²) in [6.07, 6.45) is 0. The number of aromatic amines is 1. The highest BCUT2D eigenvalue weighted by atomic mass is 35.5. The Balaban J connectivity index is 3.19. The molecule has 1 N–H and O–H groups in total. The van der Waals surface area contributed by atoms with Crippen molar-refractivity contribution in [3.8, 4) is 0 Å². The minimum Gasteiger partial charge on any atom is -0.311 e. The highest BCUT2D eigenvalue weighted by molar-refractivity contribution is 6.43. The number of rotatable bonds is 1. The van der Waals surface area contributed by atoms with Crippen molar-refractivity contribution in [3.05, 3.63) is 27.9 Å². The first-order chi connectivity index (χ1) is 5.09. The molecule has 1 heterocycles. The molecule has 0 fully saturated rings. The molecule has 5 heteroatoms. The molecule has 0 spiro atoms. The second-order valence-corrected chi connectivity index (χ2v) is 3.15. The number of hydrogen-bond donors (Lipinski definition) is 1. The molecular formula is C6H6Cl2N2O. The Labute approximate surface area is 73.4 Å². The van der Waals surface area contributed by atoms with Crippen molar-refractivity contribution in [2.24, 2.45) is 0 Å². The van der Waals surface area contributed by atoms with E-state index >= 15 is 0 Å². The molecule has 0 aromatic carbocycles. The van der Waals surface area contributed by atoms with Crippen LogP contribution in [0.25, 0.3) is 0 Å². The van der Waals surface area contributed by atoms with Crippen LogP contribution in [0.15, 0.2) is 10.9 Å². The molecule has 0 atom stereocenters. The number of nitrogens with one attached hydrogen (secondary N) is 1. The van der Waals surface area contributed by atoms with E-state index in [0.29, 0.717) is 11.5 Å². The third kappa shape index (κ3) is 2.20. The number of halogens is 2. The van der Waals surface area contributed by atoms with Gasteiger partial charge in [0, 0.05) is 6.07 Å². The maximum absolute atomic E-state index is 10.8. The van der Waals surface area contributed by atoms with E-state index in [-0.39, 0.29) is 5.56 Å². The third-order valence-corrected chi connectivity index (χ3v) is 1.55. The summed E-state index contributed by atoms with van der Waals surface area (Å²) in [7, 11) is 0. The van der Waals surface area contributed by atoms with E-state index in [1.54, 1.807) is 6.92 Å². The number of alkyl halides is 2. The van der Waals surface area contributed by atoms with E-state index in [9.17, 15) is 4.79 Å². The molecule has 0 amide bonds. The Hall–Kier alpha value is -0.540. The smallest absolute Gasteiger partial charge is 0.251 e. The van der Waals surface area contributed by atoms with Gasteiger partial charge in [-0.1, -0.05) is 23.2 Å². The monoisotopic (exact) mass is 192 g/mol. The van der Waals surface area contributed by atoms with E-state index in [1.807, 2.05) is 0 Å². The Morgan fingerprint density at radius 2 is 2.27 bits per heavy atom. The SMILES string of the molecule is Cc1nc(C(Cl)Cl)cc(=O)[nH]1. The second-order valence-electron chi connectivity index (χ2n) is 2.06. The first-order valence-electron chi connectivity index (χ1n) is 2.95. The number of aromatic nitrogens is 2. The zero-order valence-electron chi connectivity index (χ0n) is 5.77. The lowest BCUT2D eigenvalue weighted by molar-refractivity contribution is 0.965. The average molecular weight is 193 g/mol. The fourth-order valence-corrected chi connectivity index (χ4v) is 0.938. The van der Waals surface area contributed by atoms with Crippen molar-refractivity contribution in [2.45, 2.75) is 11.8 Å². The molecule has 0 saturated carbocycles. The molecule has 0 aliphatic heterocycles. The predicted octanol–water partition coefficient (Wildman–Crippen LogP) is 1.55. The van der Waals surface area contributed by atoms with E-state index in [2.05, 4.69) is 9.97 Å². The highest BCUT2D eigenvalue weighted by Gasteiger charge is 2.05. The molecule has 0 unspecified atom stereocenters. The van der Waals surface area contributed by atoms with Gasteiger partial charge in [-0.05, 0) is 6.92 Å². The topological polar surface area (TPSA) is 45.8 Å². The first kappa shape index (κ1) is 8.56. The number of hydrogen-bond acceptors (Lipinski definition) is 2. The summed E-state index contributed by atoms with van der Waals surface area (Å²) < 4.78 is 0. The molecule has 0 radical (unpaired) electrons. The van der Waals surface area contributed by atoms with Crippen molar-refractivity contribution in [2.75, 3.05) is 0 Å². The summed E-state index contributed by atoms with van der Waals surface area (Å²) in [5, 5.41) is 0. The van der Waals surface area contributed by atoms with Crippen LogP contribution in [-0.2, 0) is 0 Å². The molecule has 1 rings (SSSR count). The van der Waals surface area contributed by atoms with Crippen LogP contribution in [0.5, 0.6) is 0 Å². The van der Waals surface area contributed by atoms with Gasteiger partial charge in [-0.2, -0.15) is 0 Å². The van der Waals surface area contributed by atoms with E-state index in [0.717, 1.165) is 0 Å². The lowest BCUT2D eigenvalue weighted by Gasteiger charge is -1.99. The fraction of sp³-hybridized carbons (Fsp3) is 0.333. The standard InChI is InChI=1S/C6H6Cl2N2O/c1-3-9-4(6(7)8)2-5(11)10-3/h2,6H,1H3,(H,9,10,11). The van der Waals surface area contributed by atoms with Crippen LogP contribution >= 0.6 is 23.2 Å². The third-order valence-electron chi connectivity index (χ3n) is 1.10. The zero-order chi connectivity index (χ0) is 8.43. The van der Waals surface area contributed by atoms with Crippen LogP contribution < -0.4 is 5.56 Å². The number of nitrogens with zero attached hydrogens (tertiary/aromatic N) is 1. The lowest BCUT2D eigenvalue weighted by Crippen LogP contribution is -2.10. The molecule has 0 saturated heterocycles. The van der Waals surface area contributed by atoms with Crippen molar-refractivity contribution in [1.82, 2.24) is 9.97 Å². The first-order valence-corrected chi connectivity index (χ1v) is 3.83. The summed E-state index contributed by atoms with van der Waals surface area (Å²) in [6, 6.07) is 1.28. The summed E-state index contributed by atoms with van der Waals surface area (Å²) in [6.45, 7) is 1.67. The lowest BCUT2D eigenvalue weighted by atomic mass is 10.4. The minimum absolute atomic E-state index is 0.237. The Bertz CT molecular complexity index is 308. The van der Waals surface area contributed by atoms with Gasteiger partial charge < -0.3 is 4.98 Å². The van der Waals surface area contributed by atoms with Crippen LogP contribution in [0.3, 0.4) is 0 Å². The van der Waals surface area contributed by atoms with E-state index in [4.69, 9.17) is 23.2 Å². The van der Waals surface area contributed by atoms with Crippen LogP contribution in [0.4, 0.5) is 0 Å². The summed E-state index contributed by atoms with van der Waals surface area (Å²) in [4.78, 5) is 16.5. The van der Waals surface area contributed by atoms with E-state index < -0.39 is 4.84 Å². The normalized spacial score (nSPS) is 10.5. The van der Waals surface area contributed by atoms with Crippen molar-refractivity contribution in [3.63, 3.8) is 0 Å². The summed E-state index contributed by atoms with van der Waals surface area (Å²) in [5.74, 6) is 0.513. The van der Waals surface area contributed by atoms with Gasteiger partial charge >= 0.3 is 0 Å². The van der Waals surface area contributed by atoms with E-state index in [1.165, 1.54) is 6.07 Å². The number of H-pyrrole nitrogens is 1. The molecule has 3 nitrogen and oxygen atoms in total. The summed E-state index contributed by atoms with van der Waals surface area (Å²) in [5.41, 5.74) is 0.147. The molecule has 1 aromatic heterocycles.